The Morgan fingerprint density at radius 2 is 1.82 bits per heavy atom. The first-order valence-corrected chi connectivity index (χ1v) is 11.0. The van der Waals surface area contributed by atoms with Gasteiger partial charge in [0.25, 0.3) is 0 Å². The van der Waals surface area contributed by atoms with Crippen LogP contribution >= 0.6 is 0 Å². The van der Waals surface area contributed by atoms with E-state index in [9.17, 15) is 13.2 Å². The zero-order valence-corrected chi connectivity index (χ0v) is 16.6. The molecule has 1 saturated heterocycles. The SMILES string of the molecule is O=C(NCCCNc1ccccc1)C1CCN(S(=O)(=O)c2cccnc2)CC1. The number of hydrogen-bond acceptors (Lipinski definition) is 5. The van der Waals surface area contributed by atoms with Crippen molar-refractivity contribution in [2.45, 2.75) is 24.2 Å². The van der Waals surface area contributed by atoms with E-state index in [-0.39, 0.29) is 16.7 Å². The van der Waals surface area contributed by atoms with E-state index in [1.54, 1.807) is 18.3 Å². The normalized spacial score (nSPS) is 15.9. The number of aromatic nitrogens is 1. The average Bonchev–Trinajstić information content (AvgIpc) is 2.75. The number of carbonyl (C=O) groups excluding carboxylic acids is 1. The molecule has 1 aliphatic heterocycles. The highest BCUT2D eigenvalue weighted by Crippen LogP contribution is 2.23. The Labute approximate surface area is 166 Å². The number of carbonyl (C=O) groups is 1. The monoisotopic (exact) mass is 402 g/mol. The van der Waals surface area contributed by atoms with E-state index in [4.69, 9.17) is 0 Å². The molecule has 2 aromatic rings. The standard InChI is InChI=1S/C20H26N4O3S/c25-20(23-13-5-12-22-18-6-2-1-3-7-18)17-9-14-24(15-10-17)28(26,27)19-8-4-11-21-16-19/h1-4,6-8,11,16-17,22H,5,9-10,12-15H2,(H,23,25). The van der Waals surface area contributed by atoms with Crippen molar-refractivity contribution in [3.63, 3.8) is 0 Å². The second-order valence-corrected chi connectivity index (χ2v) is 8.74. The maximum atomic E-state index is 12.6. The van der Waals surface area contributed by atoms with Crippen molar-refractivity contribution in [2.24, 2.45) is 5.92 Å². The van der Waals surface area contributed by atoms with E-state index in [0.29, 0.717) is 32.5 Å². The van der Waals surface area contributed by atoms with Crippen molar-refractivity contribution in [3.8, 4) is 0 Å². The molecule has 3 rings (SSSR count). The molecule has 1 fully saturated rings. The van der Waals surface area contributed by atoms with Gasteiger partial charge in [0.05, 0.1) is 0 Å². The van der Waals surface area contributed by atoms with E-state index in [0.717, 1.165) is 18.7 Å². The van der Waals surface area contributed by atoms with Gasteiger partial charge in [-0.1, -0.05) is 18.2 Å². The molecule has 1 amide bonds. The first-order chi connectivity index (χ1) is 13.6. The summed E-state index contributed by atoms with van der Waals surface area (Å²) in [6.45, 7) is 2.09. The predicted molar refractivity (Wildman–Crippen MR) is 108 cm³/mol. The third-order valence-corrected chi connectivity index (χ3v) is 6.73. The number of benzene rings is 1. The molecule has 0 saturated carbocycles. The summed E-state index contributed by atoms with van der Waals surface area (Å²) in [6, 6.07) is 13.1. The molecule has 1 aromatic heterocycles. The maximum absolute atomic E-state index is 12.6. The number of hydrogen-bond donors (Lipinski definition) is 2. The lowest BCUT2D eigenvalue weighted by atomic mass is 9.97. The van der Waals surface area contributed by atoms with Gasteiger partial charge in [-0.25, -0.2) is 8.42 Å². The summed E-state index contributed by atoms with van der Waals surface area (Å²) in [7, 11) is -3.53. The Bertz CT molecular complexity index is 852. The van der Waals surface area contributed by atoms with Crippen LogP contribution in [-0.4, -0.2) is 49.8 Å². The molecule has 2 N–H and O–H groups in total. The molecule has 7 nitrogen and oxygen atoms in total. The molecule has 0 unspecified atom stereocenters. The van der Waals surface area contributed by atoms with Crippen molar-refractivity contribution in [2.75, 3.05) is 31.5 Å². The fraction of sp³-hybridized carbons (Fsp3) is 0.400. The minimum Gasteiger partial charge on any atom is -0.385 e. The number of rotatable bonds is 8. The van der Waals surface area contributed by atoms with Gasteiger partial charge in [-0.2, -0.15) is 4.31 Å². The molecule has 150 valence electrons. The lowest BCUT2D eigenvalue weighted by Crippen LogP contribution is -2.43. The van der Waals surface area contributed by atoms with Gasteiger partial charge in [0.2, 0.25) is 15.9 Å². The molecule has 1 aromatic carbocycles. The Balaban J connectivity index is 1.38. The van der Waals surface area contributed by atoms with Gasteiger partial charge in [0.15, 0.2) is 0 Å². The number of piperidine rings is 1. The summed E-state index contributed by atoms with van der Waals surface area (Å²) in [4.78, 5) is 16.4. The second-order valence-electron chi connectivity index (χ2n) is 6.80. The summed E-state index contributed by atoms with van der Waals surface area (Å²) in [5, 5.41) is 6.27. The fourth-order valence-electron chi connectivity index (χ4n) is 3.24. The minimum atomic E-state index is -3.53. The van der Waals surface area contributed by atoms with Crippen LogP contribution in [0.25, 0.3) is 0 Å². The predicted octanol–water partition coefficient (Wildman–Crippen LogP) is 2.10. The Morgan fingerprint density at radius 1 is 1.07 bits per heavy atom. The zero-order valence-electron chi connectivity index (χ0n) is 15.8. The molecular formula is C20H26N4O3S. The highest BCUT2D eigenvalue weighted by Gasteiger charge is 2.31. The van der Waals surface area contributed by atoms with E-state index in [1.165, 1.54) is 10.5 Å². The van der Waals surface area contributed by atoms with E-state index < -0.39 is 10.0 Å². The molecule has 0 aliphatic carbocycles. The molecule has 0 radical (unpaired) electrons. The number of para-hydroxylation sites is 1. The molecule has 0 atom stereocenters. The number of nitrogens with zero attached hydrogens (tertiary/aromatic N) is 2. The molecule has 0 bridgehead atoms. The number of anilines is 1. The first kappa shape index (κ1) is 20.3. The smallest absolute Gasteiger partial charge is 0.244 e. The number of pyridine rings is 1. The highest BCUT2D eigenvalue weighted by molar-refractivity contribution is 7.89. The van der Waals surface area contributed by atoms with Crippen LogP contribution in [0.1, 0.15) is 19.3 Å². The van der Waals surface area contributed by atoms with Gasteiger partial charge in [-0.05, 0) is 43.5 Å². The number of nitrogens with one attached hydrogen (secondary N) is 2. The zero-order chi connectivity index (χ0) is 19.8. The maximum Gasteiger partial charge on any atom is 0.244 e. The number of amides is 1. The van der Waals surface area contributed by atoms with Crippen molar-refractivity contribution in [1.29, 1.82) is 0 Å². The van der Waals surface area contributed by atoms with Crippen LogP contribution in [0, 0.1) is 5.92 Å². The molecule has 28 heavy (non-hydrogen) atoms. The van der Waals surface area contributed by atoms with Crippen molar-refractivity contribution < 1.29 is 13.2 Å². The summed E-state index contributed by atoms with van der Waals surface area (Å²) in [6.07, 6.45) is 4.80. The van der Waals surface area contributed by atoms with E-state index in [2.05, 4.69) is 15.6 Å². The third-order valence-electron chi connectivity index (χ3n) is 4.85. The largest absolute Gasteiger partial charge is 0.385 e. The van der Waals surface area contributed by atoms with Gasteiger partial charge >= 0.3 is 0 Å². The average molecular weight is 403 g/mol. The van der Waals surface area contributed by atoms with E-state index in [1.807, 2.05) is 30.3 Å². The second kappa shape index (κ2) is 9.66. The summed E-state index contributed by atoms with van der Waals surface area (Å²) < 4.78 is 26.6. The van der Waals surface area contributed by atoms with Crippen LogP contribution in [0.5, 0.6) is 0 Å². The van der Waals surface area contributed by atoms with Crippen LogP contribution in [0.2, 0.25) is 0 Å². The van der Waals surface area contributed by atoms with Crippen LogP contribution in [0.3, 0.4) is 0 Å². The first-order valence-electron chi connectivity index (χ1n) is 9.54. The quantitative estimate of drug-likeness (QED) is 0.660. The summed E-state index contributed by atoms with van der Waals surface area (Å²) in [5.41, 5.74) is 1.07. The van der Waals surface area contributed by atoms with Gasteiger partial charge in [-0.3, -0.25) is 9.78 Å². The molecular weight excluding hydrogens is 376 g/mol. The molecule has 0 spiro atoms. The molecule has 2 heterocycles. The summed E-state index contributed by atoms with van der Waals surface area (Å²) in [5.74, 6) is -0.124. The van der Waals surface area contributed by atoms with Crippen molar-refractivity contribution in [1.82, 2.24) is 14.6 Å². The van der Waals surface area contributed by atoms with Gasteiger partial charge in [0, 0.05) is 50.2 Å². The Hall–Kier alpha value is -2.45. The summed E-state index contributed by atoms with van der Waals surface area (Å²) >= 11 is 0. The minimum absolute atomic E-state index is 0.0122. The van der Waals surface area contributed by atoms with Crippen LogP contribution in [-0.2, 0) is 14.8 Å². The topological polar surface area (TPSA) is 91.4 Å². The molecule has 8 heteroatoms. The van der Waals surface area contributed by atoms with Gasteiger partial charge in [0.1, 0.15) is 4.90 Å². The van der Waals surface area contributed by atoms with Crippen molar-refractivity contribution >= 4 is 21.6 Å². The van der Waals surface area contributed by atoms with Crippen LogP contribution in [0.4, 0.5) is 5.69 Å². The lowest BCUT2D eigenvalue weighted by molar-refractivity contribution is -0.126. The van der Waals surface area contributed by atoms with Gasteiger partial charge < -0.3 is 10.6 Å². The Kier molecular flexibility index (Phi) is 7.00. The van der Waals surface area contributed by atoms with Crippen molar-refractivity contribution in [3.05, 3.63) is 54.9 Å². The highest BCUT2D eigenvalue weighted by atomic mass is 32.2. The van der Waals surface area contributed by atoms with Crippen LogP contribution in [0.15, 0.2) is 59.8 Å². The van der Waals surface area contributed by atoms with E-state index >= 15 is 0 Å². The van der Waals surface area contributed by atoms with Crippen LogP contribution < -0.4 is 10.6 Å². The lowest BCUT2D eigenvalue weighted by Gasteiger charge is -2.30. The third kappa shape index (κ3) is 5.30. The van der Waals surface area contributed by atoms with Gasteiger partial charge in [-0.15, -0.1) is 0 Å². The molecule has 1 aliphatic rings. The fourth-order valence-corrected chi connectivity index (χ4v) is 4.67. The Morgan fingerprint density at radius 3 is 2.50 bits per heavy atom. The number of sulfonamides is 1.